The van der Waals surface area contributed by atoms with Crippen LogP contribution < -0.4 is 4.74 Å². The maximum absolute atomic E-state index is 5.97. The summed E-state index contributed by atoms with van der Waals surface area (Å²) in [7, 11) is 0. The molecule has 1 fully saturated rings. The molecule has 1 spiro atoms. The SMILES string of the molecule is Brc1ccc2c(c1)OCC1(CCCCC1)C2. The quantitative estimate of drug-likeness (QED) is 0.687. The van der Waals surface area contributed by atoms with Gasteiger partial charge >= 0.3 is 0 Å². The van der Waals surface area contributed by atoms with E-state index in [-0.39, 0.29) is 0 Å². The number of rotatable bonds is 0. The minimum absolute atomic E-state index is 0.457. The summed E-state index contributed by atoms with van der Waals surface area (Å²) in [4.78, 5) is 0. The molecule has 1 aromatic carbocycles. The zero-order valence-electron chi connectivity index (χ0n) is 9.47. The molecule has 2 aliphatic rings. The van der Waals surface area contributed by atoms with E-state index in [4.69, 9.17) is 4.74 Å². The summed E-state index contributed by atoms with van der Waals surface area (Å²) in [6, 6.07) is 6.45. The molecular weight excluding hydrogens is 264 g/mol. The van der Waals surface area contributed by atoms with Gasteiger partial charge in [0.25, 0.3) is 0 Å². The molecule has 0 N–H and O–H groups in total. The second-order valence-corrected chi connectivity index (χ2v) is 6.19. The second-order valence-electron chi connectivity index (χ2n) is 5.28. The molecule has 1 saturated carbocycles. The van der Waals surface area contributed by atoms with E-state index in [1.165, 1.54) is 44.1 Å². The van der Waals surface area contributed by atoms with E-state index in [9.17, 15) is 0 Å². The molecule has 0 saturated heterocycles. The molecule has 0 unspecified atom stereocenters. The van der Waals surface area contributed by atoms with Crippen LogP contribution in [0.3, 0.4) is 0 Å². The van der Waals surface area contributed by atoms with Crippen molar-refractivity contribution in [1.82, 2.24) is 0 Å². The minimum Gasteiger partial charge on any atom is -0.493 e. The number of benzene rings is 1. The molecule has 0 amide bonds. The average molecular weight is 281 g/mol. The van der Waals surface area contributed by atoms with Crippen molar-refractivity contribution in [3.05, 3.63) is 28.2 Å². The Morgan fingerprint density at radius 2 is 1.94 bits per heavy atom. The van der Waals surface area contributed by atoms with E-state index >= 15 is 0 Å². The highest BCUT2D eigenvalue weighted by Gasteiger charge is 2.36. The maximum Gasteiger partial charge on any atom is 0.123 e. The lowest BCUT2D eigenvalue weighted by molar-refractivity contribution is 0.0781. The van der Waals surface area contributed by atoms with Crippen LogP contribution in [0.5, 0.6) is 5.75 Å². The van der Waals surface area contributed by atoms with Crippen molar-refractivity contribution in [3.8, 4) is 5.75 Å². The molecule has 1 nitrogen and oxygen atoms in total. The topological polar surface area (TPSA) is 9.23 Å². The lowest BCUT2D eigenvalue weighted by Gasteiger charge is -2.40. The van der Waals surface area contributed by atoms with Crippen molar-refractivity contribution in [2.24, 2.45) is 5.41 Å². The molecule has 1 aromatic rings. The Morgan fingerprint density at radius 1 is 1.12 bits per heavy atom. The van der Waals surface area contributed by atoms with Gasteiger partial charge in [0.1, 0.15) is 5.75 Å². The lowest BCUT2D eigenvalue weighted by Crippen LogP contribution is -2.36. The average Bonchev–Trinajstić information content (AvgIpc) is 2.31. The summed E-state index contributed by atoms with van der Waals surface area (Å²) >= 11 is 3.50. The van der Waals surface area contributed by atoms with Crippen LogP contribution in [0.15, 0.2) is 22.7 Å². The predicted molar refractivity (Wildman–Crippen MR) is 68.9 cm³/mol. The molecule has 1 heterocycles. The zero-order valence-corrected chi connectivity index (χ0v) is 11.1. The molecule has 0 radical (unpaired) electrons. The van der Waals surface area contributed by atoms with Gasteiger partial charge in [0.05, 0.1) is 6.61 Å². The number of halogens is 1. The summed E-state index contributed by atoms with van der Waals surface area (Å²) in [5.41, 5.74) is 1.86. The first-order chi connectivity index (χ1) is 7.77. The van der Waals surface area contributed by atoms with Crippen LogP contribution in [-0.4, -0.2) is 6.61 Å². The fraction of sp³-hybridized carbons (Fsp3) is 0.571. The minimum atomic E-state index is 0.457. The zero-order chi connectivity index (χ0) is 11.0. The van der Waals surface area contributed by atoms with Crippen molar-refractivity contribution >= 4 is 15.9 Å². The molecule has 1 aliphatic carbocycles. The Kier molecular flexibility index (Phi) is 2.70. The van der Waals surface area contributed by atoms with Crippen LogP contribution in [0.25, 0.3) is 0 Å². The summed E-state index contributed by atoms with van der Waals surface area (Å²) in [6.07, 6.45) is 8.10. The van der Waals surface area contributed by atoms with Crippen molar-refractivity contribution in [1.29, 1.82) is 0 Å². The highest BCUT2D eigenvalue weighted by atomic mass is 79.9. The van der Waals surface area contributed by atoms with Gasteiger partial charge in [-0.3, -0.25) is 0 Å². The highest BCUT2D eigenvalue weighted by Crippen LogP contribution is 2.44. The molecule has 0 bridgehead atoms. The van der Waals surface area contributed by atoms with Crippen molar-refractivity contribution < 1.29 is 4.74 Å². The summed E-state index contributed by atoms with van der Waals surface area (Å²) in [6.45, 7) is 0.927. The van der Waals surface area contributed by atoms with Gasteiger partial charge in [-0.25, -0.2) is 0 Å². The monoisotopic (exact) mass is 280 g/mol. The first-order valence-electron chi connectivity index (χ1n) is 6.19. The predicted octanol–water partition coefficient (Wildman–Crippen LogP) is 4.33. The van der Waals surface area contributed by atoms with Gasteiger partial charge in [-0.2, -0.15) is 0 Å². The van der Waals surface area contributed by atoms with E-state index in [1.807, 2.05) is 0 Å². The normalized spacial score (nSPS) is 22.6. The Balaban J connectivity index is 1.88. The van der Waals surface area contributed by atoms with Crippen LogP contribution in [0.4, 0.5) is 0 Å². The highest BCUT2D eigenvalue weighted by molar-refractivity contribution is 9.10. The van der Waals surface area contributed by atoms with E-state index < -0.39 is 0 Å². The third kappa shape index (κ3) is 1.88. The van der Waals surface area contributed by atoms with Crippen LogP contribution >= 0.6 is 15.9 Å². The molecule has 1 aliphatic heterocycles. The molecule has 0 atom stereocenters. The van der Waals surface area contributed by atoms with Crippen LogP contribution in [-0.2, 0) is 6.42 Å². The summed E-state index contributed by atoms with van der Waals surface area (Å²) in [5.74, 6) is 1.09. The maximum atomic E-state index is 5.97. The molecule has 0 aromatic heterocycles. The van der Waals surface area contributed by atoms with Gasteiger partial charge in [0, 0.05) is 9.89 Å². The van der Waals surface area contributed by atoms with E-state index in [1.54, 1.807) is 0 Å². The van der Waals surface area contributed by atoms with Crippen molar-refractivity contribution in [2.75, 3.05) is 6.61 Å². The summed E-state index contributed by atoms with van der Waals surface area (Å²) < 4.78 is 7.08. The smallest absolute Gasteiger partial charge is 0.123 e. The van der Waals surface area contributed by atoms with Crippen molar-refractivity contribution in [2.45, 2.75) is 38.5 Å². The molecular formula is C14H17BrO. The number of hydrogen-bond donors (Lipinski definition) is 0. The van der Waals surface area contributed by atoms with Crippen LogP contribution in [0.2, 0.25) is 0 Å². The Bertz CT molecular complexity index is 394. The van der Waals surface area contributed by atoms with E-state index in [2.05, 4.69) is 34.1 Å². The number of fused-ring (bicyclic) bond motifs is 1. The largest absolute Gasteiger partial charge is 0.493 e. The third-order valence-electron chi connectivity index (χ3n) is 4.04. The number of ether oxygens (including phenoxy) is 1. The second kappa shape index (κ2) is 4.06. The Hall–Kier alpha value is -0.500. The molecule has 86 valence electrons. The summed E-state index contributed by atoms with van der Waals surface area (Å²) in [5, 5.41) is 0. The Morgan fingerprint density at radius 3 is 2.75 bits per heavy atom. The fourth-order valence-corrected chi connectivity index (χ4v) is 3.46. The van der Waals surface area contributed by atoms with Gasteiger partial charge < -0.3 is 4.74 Å². The Labute approximate surface area is 105 Å². The first kappa shape index (κ1) is 10.6. The standard InChI is InChI=1S/C14H17BrO/c15-12-5-4-11-9-14(6-2-1-3-7-14)10-16-13(11)8-12/h4-5,8H,1-3,6-7,9-10H2. The van der Waals surface area contributed by atoms with Gasteiger partial charge in [0.2, 0.25) is 0 Å². The van der Waals surface area contributed by atoms with Gasteiger partial charge in [0.15, 0.2) is 0 Å². The van der Waals surface area contributed by atoms with Gasteiger partial charge in [-0.1, -0.05) is 41.3 Å². The molecule has 3 rings (SSSR count). The fourth-order valence-electron chi connectivity index (χ4n) is 3.12. The van der Waals surface area contributed by atoms with E-state index in [0.717, 1.165) is 16.8 Å². The number of hydrogen-bond acceptors (Lipinski definition) is 1. The molecule has 16 heavy (non-hydrogen) atoms. The van der Waals surface area contributed by atoms with E-state index in [0.29, 0.717) is 5.41 Å². The third-order valence-corrected chi connectivity index (χ3v) is 4.54. The van der Waals surface area contributed by atoms with Crippen molar-refractivity contribution in [3.63, 3.8) is 0 Å². The van der Waals surface area contributed by atoms with Crippen LogP contribution in [0, 0.1) is 5.41 Å². The first-order valence-corrected chi connectivity index (χ1v) is 6.98. The van der Waals surface area contributed by atoms with Crippen LogP contribution in [0.1, 0.15) is 37.7 Å². The van der Waals surface area contributed by atoms with Gasteiger partial charge in [-0.15, -0.1) is 0 Å². The lowest BCUT2D eigenvalue weighted by atomic mass is 9.70. The molecule has 2 heteroatoms. The van der Waals surface area contributed by atoms with Gasteiger partial charge in [-0.05, 0) is 37.0 Å².